The van der Waals surface area contributed by atoms with E-state index in [9.17, 15) is 0 Å². The zero-order valence-corrected chi connectivity index (χ0v) is 11.0. The van der Waals surface area contributed by atoms with Gasteiger partial charge in [-0.15, -0.1) is 0 Å². The van der Waals surface area contributed by atoms with E-state index in [2.05, 4.69) is 6.19 Å². The van der Waals surface area contributed by atoms with Crippen molar-refractivity contribution in [2.24, 2.45) is 5.92 Å². The van der Waals surface area contributed by atoms with Crippen LogP contribution in [-0.4, -0.2) is 18.0 Å². The highest BCUT2D eigenvalue weighted by atomic mass is 35.5. The number of rotatable bonds is 2. The highest BCUT2D eigenvalue weighted by Gasteiger charge is 2.18. The van der Waals surface area contributed by atoms with E-state index in [0.717, 1.165) is 32.4 Å². The van der Waals surface area contributed by atoms with Crippen LogP contribution in [0.4, 0.5) is 0 Å². The number of hydrogen-bond donors (Lipinski definition) is 0. The molecule has 4 heteroatoms. The summed E-state index contributed by atoms with van der Waals surface area (Å²) in [7, 11) is 0. The fourth-order valence-corrected chi connectivity index (χ4v) is 2.87. The molecule has 0 amide bonds. The molecule has 1 fully saturated rings. The number of piperidine rings is 1. The Morgan fingerprint density at radius 3 is 2.29 bits per heavy atom. The van der Waals surface area contributed by atoms with Gasteiger partial charge in [-0.05, 0) is 48.9 Å². The Bertz CT molecular complexity index is 411. The van der Waals surface area contributed by atoms with Gasteiger partial charge in [0, 0.05) is 23.1 Å². The average Bonchev–Trinajstić information content (AvgIpc) is 2.28. The summed E-state index contributed by atoms with van der Waals surface area (Å²) in [5.41, 5.74) is 1.19. The summed E-state index contributed by atoms with van der Waals surface area (Å²) in [5, 5.41) is 10.2. The molecule has 2 nitrogen and oxygen atoms in total. The van der Waals surface area contributed by atoms with Crippen molar-refractivity contribution in [3.05, 3.63) is 33.8 Å². The summed E-state index contributed by atoms with van der Waals surface area (Å²) in [6.07, 6.45) is 5.33. The lowest BCUT2D eigenvalue weighted by molar-refractivity contribution is 0.251. The Morgan fingerprint density at radius 1 is 1.18 bits per heavy atom. The molecule has 0 atom stereocenters. The smallest absolute Gasteiger partial charge is 0.179 e. The Morgan fingerprint density at radius 2 is 1.76 bits per heavy atom. The summed E-state index contributed by atoms with van der Waals surface area (Å²) in [6.45, 7) is 1.74. The van der Waals surface area contributed by atoms with Crippen LogP contribution in [-0.2, 0) is 6.42 Å². The molecule has 0 aliphatic carbocycles. The molecule has 1 aliphatic heterocycles. The number of benzene rings is 1. The van der Waals surface area contributed by atoms with Gasteiger partial charge >= 0.3 is 0 Å². The summed E-state index contributed by atoms with van der Waals surface area (Å²) in [4.78, 5) is 1.82. The van der Waals surface area contributed by atoms with Crippen LogP contribution in [0.2, 0.25) is 10.0 Å². The van der Waals surface area contributed by atoms with Crippen molar-refractivity contribution in [3.8, 4) is 6.19 Å². The molecule has 1 heterocycles. The second-order valence-electron chi connectivity index (χ2n) is 4.51. The van der Waals surface area contributed by atoms with E-state index in [0.29, 0.717) is 16.0 Å². The number of likely N-dealkylation sites (tertiary alicyclic amines) is 1. The molecule has 0 unspecified atom stereocenters. The van der Waals surface area contributed by atoms with Crippen LogP contribution in [0, 0.1) is 17.4 Å². The molecule has 2 rings (SSSR count). The molecule has 0 radical (unpaired) electrons. The van der Waals surface area contributed by atoms with Gasteiger partial charge in [0.05, 0.1) is 0 Å². The van der Waals surface area contributed by atoms with Crippen LogP contribution in [0.15, 0.2) is 18.2 Å². The quantitative estimate of drug-likeness (QED) is 0.765. The molecule has 1 saturated heterocycles. The predicted molar refractivity (Wildman–Crippen MR) is 70.1 cm³/mol. The number of nitrogens with zero attached hydrogens (tertiary/aromatic N) is 2. The summed E-state index contributed by atoms with van der Waals surface area (Å²) >= 11 is 12.0. The first-order chi connectivity index (χ1) is 8.17. The van der Waals surface area contributed by atoms with Gasteiger partial charge in [0.15, 0.2) is 6.19 Å². The van der Waals surface area contributed by atoms with Gasteiger partial charge in [0.2, 0.25) is 0 Å². The molecule has 90 valence electrons. The van der Waals surface area contributed by atoms with Crippen molar-refractivity contribution in [2.45, 2.75) is 19.3 Å². The van der Waals surface area contributed by atoms with Gasteiger partial charge in [-0.2, -0.15) is 5.26 Å². The van der Waals surface area contributed by atoms with E-state index < -0.39 is 0 Å². The standard InChI is InChI=1S/C13H14Cl2N2/c14-12-6-11(7-13(15)8-12)5-10-1-3-17(9-16)4-2-10/h6-8,10H,1-5H2. The second kappa shape index (κ2) is 5.62. The lowest BCUT2D eigenvalue weighted by Gasteiger charge is -2.28. The SMILES string of the molecule is N#CN1CCC(Cc2cc(Cl)cc(Cl)c2)CC1. The molecule has 0 saturated carbocycles. The maximum atomic E-state index is 8.78. The molecular formula is C13H14Cl2N2. The summed E-state index contributed by atoms with van der Waals surface area (Å²) < 4.78 is 0. The van der Waals surface area contributed by atoms with E-state index in [1.165, 1.54) is 5.56 Å². The normalized spacial score (nSPS) is 16.9. The summed E-state index contributed by atoms with van der Waals surface area (Å²) in [6, 6.07) is 5.71. The highest BCUT2D eigenvalue weighted by Crippen LogP contribution is 2.25. The molecule has 1 aliphatic rings. The van der Waals surface area contributed by atoms with Gasteiger partial charge in [-0.25, -0.2) is 0 Å². The molecule has 0 bridgehead atoms. The van der Waals surface area contributed by atoms with Crippen molar-refractivity contribution in [3.63, 3.8) is 0 Å². The van der Waals surface area contributed by atoms with Crippen molar-refractivity contribution in [1.82, 2.24) is 4.90 Å². The van der Waals surface area contributed by atoms with Gasteiger partial charge in [0.1, 0.15) is 0 Å². The monoisotopic (exact) mass is 268 g/mol. The molecule has 1 aromatic rings. The van der Waals surface area contributed by atoms with Crippen molar-refractivity contribution < 1.29 is 0 Å². The second-order valence-corrected chi connectivity index (χ2v) is 5.39. The van der Waals surface area contributed by atoms with Gasteiger partial charge in [0.25, 0.3) is 0 Å². The van der Waals surface area contributed by atoms with E-state index in [1.54, 1.807) is 6.07 Å². The van der Waals surface area contributed by atoms with Crippen LogP contribution in [0.5, 0.6) is 0 Å². The third kappa shape index (κ3) is 3.52. The zero-order valence-electron chi connectivity index (χ0n) is 9.50. The highest BCUT2D eigenvalue weighted by molar-refractivity contribution is 6.34. The molecule has 17 heavy (non-hydrogen) atoms. The van der Waals surface area contributed by atoms with Crippen LogP contribution >= 0.6 is 23.2 Å². The maximum Gasteiger partial charge on any atom is 0.179 e. The van der Waals surface area contributed by atoms with E-state index >= 15 is 0 Å². The first-order valence-electron chi connectivity index (χ1n) is 5.77. The Labute approximate surface area is 112 Å². The minimum Gasteiger partial charge on any atom is -0.311 e. The first-order valence-corrected chi connectivity index (χ1v) is 6.52. The number of hydrogen-bond acceptors (Lipinski definition) is 2. The minimum absolute atomic E-state index is 0.633. The minimum atomic E-state index is 0.633. The summed E-state index contributed by atoms with van der Waals surface area (Å²) in [5.74, 6) is 0.633. The van der Waals surface area contributed by atoms with Crippen molar-refractivity contribution in [1.29, 1.82) is 5.26 Å². The first kappa shape index (κ1) is 12.5. The van der Waals surface area contributed by atoms with Crippen LogP contribution < -0.4 is 0 Å². The third-order valence-electron chi connectivity index (χ3n) is 3.20. The van der Waals surface area contributed by atoms with E-state index in [4.69, 9.17) is 28.5 Å². The average molecular weight is 269 g/mol. The third-order valence-corrected chi connectivity index (χ3v) is 3.64. The molecule has 0 N–H and O–H groups in total. The van der Waals surface area contributed by atoms with Crippen molar-refractivity contribution in [2.75, 3.05) is 13.1 Å². The zero-order chi connectivity index (χ0) is 12.3. The van der Waals surface area contributed by atoms with Crippen LogP contribution in [0.25, 0.3) is 0 Å². The molecule has 0 spiro atoms. The Hall–Kier alpha value is -0.910. The van der Waals surface area contributed by atoms with Crippen LogP contribution in [0.1, 0.15) is 18.4 Å². The Balaban J connectivity index is 1.96. The maximum absolute atomic E-state index is 8.78. The Kier molecular flexibility index (Phi) is 4.15. The number of nitriles is 1. The van der Waals surface area contributed by atoms with Crippen molar-refractivity contribution >= 4 is 23.2 Å². The van der Waals surface area contributed by atoms with Gasteiger partial charge in [-0.3, -0.25) is 0 Å². The van der Waals surface area contributed by atoms with E-state index in [1.807, 2.05) is 17.0 Å². The number of halogens is 2. The molecule has 0 aromatic heterocycles. The fourth-order valence-electron chi connectivity index (χ4n) is 2.30. The topological polar surface area (TPSA) is 27.0 Å². The molecule has 1 aromatic carbocycles. The van der Waals surface area contributed by atoms with E-state index in [-0.39, 0.29) is 0 Å². The largest absolute Gasteiger partial charge is 0.311 e. The fraction of sp³-hybridized carbons (Fsp3) is 0.462. The van der Waals surface area contributed by atoms with Crippen LogP contribution in [0.3, 0.4) is 0 Å². The predicted octanol–water partition coefficient (Wildman–Crippen LogP) is 3.73. The molecular weight excluding hydrogens is 255 g/mol. The van der Waals surface area contributed by atoms with Gasteiger partial charge < -0.3 is 4.90 Å². The lowest BCUT2D eigenvalue weighted by Crippen LogP contribution is -2.30. The lowest BCUT2D eigenvalue weighted by atomic mass is 9.90. The van der Waals surface area contributed by atoms with Gasteiger partial charge in [-0.1, -0.05) is 23.2 Å².